The first-order valence-electron chi connectivity index (χ1n) is 15.1. The molecule has 0 saturated carbocycles. The molecule has 0 saturated heterocycles. The summed E-state index contributed by atoms with van der Waals surface area (Å²) in [5, 5.41) is 10.5. The topological polar surface area (TPSA) is 73.5 Å². The first-order valence-corrected chi connectivity index (χ1v) is 15.8. The van der Waals surface area contributed by atoms with Gasteiger partial charge in [-0.1, -0.05) is 49.2 Å². The predicted molar refractivity (Wildman–Crippen MR) is 178 cm³/mol. The lowest BCUT2D eigenvalue weighted by molar-refractivity contribution is -0.00142. The number of methoxy groups -OCH3 is 1. The molecule has 0 aliphatic heterocycles. The standard InChI is InChI=1S/C18H20ClF2NO2.C17H18ClF2NO2/c1-5-18(3,24-4)11-10-12(19)17(23)22(6-2)16(11)15-13(20)8-7-9-14(15)21;1-4-17(3,23)10-9-11(18)16(22)21(5-2)15(10)14-12(19)7-6-8-13(14)20/h7-10H,5-6H2,1-4H3;6-9,23H,4-5H2,1-3H3. The maximum Gasteiger partial charge on any atom is 0.269 e. The molecule has 2 aromatic heterocycles. The lowest BCUT2D eigenvalue weighted by Gasteiger charge is -2.31. The van der Waals surface area contributed by atoms with E-state index in [1.165, 1.54) is 47.4 Å². The number of benzene rings is 2. The van der Waals surface area contributed by atoms with Gasteiger partial charge in [-0.25, -0.2) is 17.6 Å². The average Bonchev–Trinajstić information content (AvgIpc) is 3.03. The van der Waals surface area contributed by atoms with E-state index in [2.05, 4.69) is 0 Å². The van der Waals surface area contributed by atoms with Gasteiger partial charge in [0, 0.05) is 31.3 Å². The summed E-state index contributed by atoms with van der Waals surface area (Å²) in [6.45, 7) is 10.7. The quantitative estimate of drug-likeness (QED) is 0.178. The molecule has 2 heterocycles. The molecule has 2 unspecified atom stereocenters. The summed E-state index contributed by atoms with van der Waals surface area (Å²) in [5.41, 5.74) is -3.00. The number of hydrogen-bond acceptors (Lipinski definition) is 4. The maximum atomic E-state index is 14.4. The second-order valence-corrected chi connectivity index (χ2v) is 12.0. The molecule has 47 heavy (non-hydrogen) atoms. The van der Waals surface area contributed by atoms with Gasteiger partial charge >= 0.3 is 0 Å². The van der Waals surface area contributed by atoms with Crippen molar-refractivity contribution in [2.24, 2.45) is 0 Å². The Bertz CT molecular complexity index is 1840. The molecule has 2 aromatic carbocycles. The number of halogens is 6. The number of nitrogens with zero attached hydrogens (tertiary/aromatic N) is 2. The minimum absolute atomic E-state index is 0.0101. The fraction of sp³-hybridized carbons (Fsp3) is 0.371. The number of ether oxygens (including phenoxy) is 1. The van der Waals surface area contributed by atoms with Crippen LogP contribution in [0.4, 0.5) is 17.6 Å². The highest BCUT2D eigenvalue weighted by atomic mass is 35.5. The van der Waals surface area contributed by atoms with Crippen molar-refractivity contribution in [2.75, 3.05) is 7.11 Å². The van der Waals surface area contributed by atoms with Gasteiger partial charge in [0.2, 0.25) is 0 Å². The van der Waals surface area contributed by atoms with Crippen LogP contribution < -0.4 is 11.1 Å². The van der Waals surface area contributed by atoms with E-state index >= 15 is 0 Å². The van der Waals surface area contributed by atoms with Crippen LogP contribution >= 0.6 is 23.2 Å². The van der Waals surface area contributed by atoms with Crippen LogP contribution in [-0.2, 0) is 29.0 Å². The number of aromatic nitrogens is 2. The van der Waals surface area contributed by atoms with Gasteiger partial charge in [0.05, 0.1) is 33.7 Å². The van der Waals surface area contributed by atoms with Crippen molar-refractivity contribution in [1.82, 2.24) is 9.13 Å². The Morgan fingerprint density at radius 3 is 1.38 bits per heavy atom. The molecule has 0 spiro atoms. The predicted octanol–water partition coefficient (Wildman–Crippen LogP) is 8.82. The van der Waals surface area contributed by atoms with E-state index in [9.17, 15) is 32.3 Å². The molecule has 0 aliphatic rings. The lowest BCUT2D eigenvalue weighted by Crippen LogP contribution is -2.31. The minimum Gasteiger partial charge on any atom is -0.385 e. The minimum atomic E-state index is -1.39. The summed E-state index contributed by atoms with van der Waals surface area (Å²) in [5.74, 6) is -3.09. The number of pyridine rings is 2. The van der Waals surface area contributed by atoms with Crippen LogP contribution in [0.15, 0.2) is 58.1 Å². The van der Waals surface area contributed by atoms with Gasteiger partial charge in [-0.05, 0) is 76.9 Å². The highest BCUT2D eigenvalue weighted by molar-refractivity contribution is 6.30. The molecule has 1 N–H and O–H groups in total. The summed E-state index contributed by atoms with van der Waals surface area (Å²) in [6, 6.07) is 9.83. The Morgan fingerprint density at radius 2 is 1.06 bits per heavy atom. The van der Waals surface area contributed by atoms with Gasteiger partial charge in [0.1, 0.15) is 33.3 Å². The normalized spacial score (nSPS) is 13.8. The van der Waals surface area contributed by atoms with Crippen LogP contribution in [0.1, 0.15) is 65.5 Å². The molecule has 0 radical (unpaired) electrons. The molecule has 0 amide bonds. The van der Waals surface area contributed by atoms with E-state index in [4.69, 9.17) is 27.9 Å². The molecule has 6 nitrogen and oxygen atoms in total. The third-order valence-corrected chi connectivity index (χ3v) is 9.03. The van der Waals surface area contributed by atoms with E-state index in [1.54, 1.807) is 27.7 Å². The largest absolute Gasteiger partial charge is 0.385 e. The van der Waals surface area contributed by atoms with E-state index in [0.717, 1.165) is 24.3 Å². The lowest BCUT2D eigenvalue weighted by atomic mass is 9.88. The van der Waals surface area contributed by atoms with E-state index < -0.39 is 45.6 Å². The molecule has 2 atom stereocenters. The molecular formula is C35H38Cl2F4N2O4. The molecule has 4 aromatic rings. The van der Waals surface area contributed by atoms with Crippen LogP contribution in [0.25, 0.3) is 22.5 Å². The molecule has 0 aliphatic carbocycles. The number of hydrogen-bond donors (Lipinski definition) is 1. The molecule has 12 heteroatoms. The summed E-state index contributed by atoms with van der Waals surface area (Å²) < 4.78 is 65.5. The van der Waals surface area contributed by atoms with Crippen molar-refractivity contribution >= 4 is 23.2 Å². The Balaban J connectivity index is 0.000000256. The first-order chi connectivity index (χ1) is 22.0. The summed E-state index contributed by atoms with van der Waals surface area (Å²) >= 11 is 12.0. The van der Waals surface area contributed by atoms with Crippen LogP contribution in [0.3, 0.4) is 0 Å². The first kappa shape index (κ1) is 38.0. The summed E-state index contributed by atoms with van der Waals surface area (Å²) in [6.07, 6.45) is 0.819. The Hall–Kier alpha value is -3.44. The van der Waals surface area contributed by atoms with Gasteiger partial charge in [-0.3, -0.25) is 9.59 Å². The molecule has 0 bridgehead atoms. The number of rotatable bonds is 9. The van der Waals surface area contributed by atoms with Gasteiger partial charge < -0.3 is 19.0 Å². The van der Waals surface area contributed by atoms with Crippen LogP contribution in [0, 0.1) is 23.3 Å². The van der Waals surface area contributed by atoms with Crippen molar-refractivity contribution in [3.63, 3.8) is 0 Å². The fourth-order valence-electron chi connectivity index (χ4n) is 5.31. The maximum absolute atomic E-state index is 14.4. The Labute approximate surface area is 281 Å². The number of aliphatic hydroxyl groups is 1. The molecule has 4 rings (SSSR count). The van der Waals surface area contributed by atoms with Crippen LogP contribution in [0.5, 0.6) is 0 Å². The van der Waals surface area contributed by atoms with E-state index in [1.807, 2.05) is 6.92 Å². The highest BCUT2D eigenvalue weighted by Gasteiger charge is 2.33. The monoisotopic (exact) mass is 696 g/mol. The van der Waals surface area contributed by atoms with Gasteiger partial charge in [0.15, 0.2) is 0 Å². The van der Waals surface area contributed by atoms with Gasteiger partial charge in [0.25, 0.3) is 11.1 Å². The zero-order chi connectivity index (χ0) is 35.4. The van der Waals surface area contributed by atoms with Crippen molar-refractivity contribution in [3.05, 3.63) is 114 Å². The van der Waals surface area contributed by atoms with Crippen molar-refractivity contribution in [2.45, 2.75) is 78.7 Å². The van der Waals surface area contributed by atoms with Crippen molar-refractivity contribution < 1.29 is 27.4 Å². The molecule has 0 fully saturated rings. The van der Waals surface area contributed by atoms with Gasteiger partial charge in [-0.2, -0.15) is 0 Å². The highest BCUT2D eigenvalue weighted by Crippen LogP contribution is 2.39. The van der Waals surface area contributed by atoms with Crippen molar-refractivity contribution in [3.8, 4) is 22.5 Å². The second kappa shape index (κ2) is 15.2. The smallest absolute Gasteiger partial charge is 0.269 e. The summed E-state index contributed by atoms with van der Waals surface area (Å²) in [4.78, 5) is 24.7. The zero-order valence-electron chi connectivity index (χ0n) is 27.3. The fourth-order valence-corrected chi connectivity index (χ4v) is 5.73. The van der Waals surface area contributed by atoms with E-state index in [0.29, 0.717) is 12.0 Å². The van der Waals surface area contributed by atoms with E-state index in [-0.39, 0.29) is 57.6 Å². The second-order valence-electron chi connectivity index (χ2n) is 11.2. The zero-order valence-corrected chi connectivity index (χ0v) is 28.8. The summed E-state index contributed by atoms with van der Waals surface area (Å²) in [7, 11) is 1.51. The van der Waals surface area contributed by atoms with Gasteiger partial charge in [-0.15, -0.1) is 0 Å². The molecular weight excluding hydrogens is 659 g/mol. The third-order valence-electron chi connectivity index (χ3n) is 8.49. The van der Waals surface area contributed by atoms with Crippen LogP contribution in [-0.4, -0.2) is 21.4 Å². The SMILES string of the molecule is CCn1c(-c2c(F)cccc2F)c(C(C)(CC)OC)cc(Cl)c1=O.CCn1c(-c2c(F)cccc2F)c(C(C)(O)CC)cc(Cl)c1=O. The van der Waals surface area contributed by atoms with Crippen molar-refractivity contribution in [1.29, 1.82) is 0 Å². The third kappa shape index (κ3) is 7.36. The van der Waals surface area contributed by atoms with Crippen LogP contribution in [0.2, 0.25) is 10.0 Å². The Kier molecular flexibility index (Phi) is 12.3. The Morgan fingerprint density at radius 1 is 0.702 bits per heavy atom. The average molecular weight is 698 g/mol. The molecule has 254 valence electrons.